The average molecular weight is 536 g/mol. The second kappa shape index (κ2) is 10.7. The highest BCUT2D eigenvalue weighted by atomic mass is 32.2. The number of ether oxygens (including phenoxy) is 2. The van der Waals surface area contributed by atoms with E-state index in [2.05, 4.69) is 19.2 Å². The first-order valence-electron chi connectivity index (χ1n) is 12.2. The molecule has 2 aromatic heterocycles. The van der Waals surface area contributed by atoms with Crippen LogP contribution in [-0.4, -0.2) is 34.4 Å². The molecule has 0 fully saturated rings. The van der Waals surface area contributed by atoms with Crippen LogP contribution in [0.2, 0.25) is 0 Å². The number of thiophene rings is 1. The summed E-state index contributed by atoms with van der Waals surface area (Å²) in [6.07, 6.45) is 0.774. The number of rotatable bonds is 7. The van der Waals surface area contributed by atoms with Crippen molar-refractivity contribution in [2.75, 3.05) is 18.2 Å². The molecule has 192 valence electrons. The molecule has 5 rings (SSSR count). The summed E-state index contributed by atoms with van der Waals surface area (Å²) in [5.74, 6) is 0.818. The molecule has 9 heteroatoms. The minimum absolute atomic E-state index is 0.0743. The molecule has 0 bridgehead atoms. The van der Waals surface area contributed by atoms with Gasteiger partial charge in [-0.25, -0.2) is 4.98 Å². The number of aryl methyl sites for hydroxylation is 1. The van der Waals surface area contributed by atoms with Gasteiger partial charge >= 0.3 is 0 Å². The minimum Gasteiger partial charge on any atom is -0.495 e. The van der Waals surface area contributed by atoms with Gasteiger partial charge in [0.25, 0.3) is 5.56 Å². The van der Waals surface area contributed by atoms with E-state index in [1.807, 2.05) is 43.3 Å². The second-order valence-electron chi connectivity index (χ2n) is 9.39. The molecule has 1 N–H and O–H groups in total. The van der Waals surface area contributed by atoms with Crippen LogP contribution in [0.1, 0.15) is 29.9 Å². The Kier molecular flexibility index (Phi) is 7.37. The zero-order valence-electron chi connectivity index (χ0n) is 21.2. The first-order chi connectivity index (χ1) is 17.9. The van der Waals surface area contributed by atoms with Crippen LogP contribution in [0.4, 0.5) is 5.69 Å². The first-order valence-corrected chi connectivity index (χ1v) is 14.0. The average Bonchev–Trinajstić information content (AvgIpc) is 3.26. The fraction of sp³-hybridized carbons (Fsp3) is 0.321. The standard InChI is InChI=1S/C28H29N3O4S2/c1-16(2)22-13-19-23(14-35-22)37-26-25(19)27(33)31(18-11-9-17(3)10-12-18)28(30-26)36-15-24(32)29-20-7-5-6-8-21(20)34-4/h5-12,16,22H,13-15H2,1-4H3,(H,29,32)/t22-/m0/s1. The third-order valence-corrected chi connectivity index (χ3v) is 8.50. The number of carbonyl (C=O) groups is 1. The molecule has 3 heterocycles. The smallest absolute Gasteiger partial charge is 0.267 e. The lowest BCUT2D eigenvalue weighted by molar-refractivity contribution is -0.113. The first kappa shape index (κ1) is 25.5. The zero-order valence-corrected chi connectivity index (χ0v) is 22.9. The van der Waals surface area contributed by atoms with E-state index in [0.29, 0.717) is 45.8 Å². The van der Waals surface area contributed by atoms with E-state index in [1.54, 1.807) is 23.8 Å². The Balaban J connectivity index is 1.52. The Labute approximate surface area is 223 Å². The van der Waals surface area contributed by atoms with Crippen molar-refractivity contribution in [2.24, 2.45) is 5.92 Å². The highest BCUT2D eigenvalue weighted by Gasteiger charge is 2.29. The molecule has 0 aliphatic carbocycles. The van der Waals surface area contributed by atoms with E-state index in [9.17, 15) is 9.59 Å². The molecule has 0 saturated heterocycles. The lowest BCUT2D eigenvalue weighted by Gasteiger charge is -2.26. The zero-order chi connectivity index (χ0) is 26.1. The van der Waals surface area contributed by atoms with Gasteiger partial charge in [-0.3, -0.25) is 14.2 Å². The Morgan fingerprint density at radius 3 is 2.73 bits per heavy atom. The normalized spacial score (nSPS) is 15.1. The van der Waals surface area contributed by atoms with Crippen molar-refractivity contribution in [3.63, 3.8) is 0 Å². The van der Waals surface area contributed by atoms with Gasteiger partial charge in [-0.2, -0.15) is 0 Å². The van der Waals surface area contributed by atoms with Crippen molar-refractivity contribution in [3.8, 4) is 11.4 Å². The number of fused-ring (bicyclic) bond motifs is 3. The monoisotopic (exact) mass is 535 g/mol. The number of methoxy groups -OCH3 is 1. The summed E-state index contributed by atoms with van der Waals surface area (Å²) < 4.78 is 13.0. The molecule has 7 nitrogen and oxygen atoms in total. The largest absolute Gasteiger partial charge is 0.495 e. The number of para-hydroxylation sites is 2. The SMILES string of the molecule is COc1ccccc1NC(=O)CSc1nc2sc3c(c2c(=O)n1-c1ccc(C)cc1)C[C@@H](C(C)C)OC3. The van der Waals surface area contributed by atoms with Crippen molar-refractivity contribution in [1.82, 2.24) is 9.55 Å². The lowest BCUT2D eigenvalue weighted by atomic mass is 9.96. The molecule has 1 amide bonds. The maximum absolute atomic E-state index is 14.0. The number of nitrogens with zero attached hydrogens (tertiary/aromatic N) is 2. The summed E-state index contributed by atoms with van der Waals surface area (Å²) in [6, 6.07) is 15.0. The summed E-state index contributed by atoms with van der Waals surface area (Å²) >= 11 is 2.75. The Morgan fingerprint density at radius 1 is 1.24 bits per heavy atom. The van der Waals surface area contributed by atoms with Crippen molar-refractivity contribution >= 4 is 44.9 Å². The Hall–Kier alpha value is -3.14. The van der Waals surface area contributed by atoms with Crippen LogP contribution in [0.3, 0.4) is 0 Å². The predicted octanol–water partition coefficient (Wildman–Crippen LogP) is 5.59. The summed E-state index contributed by atoms with van der Waals surface area (Å²) in [5.41, 5.74) is 3.36. The van der Waals surface area contributed by atoms with E-state index in [4.69, 9.17) is 14.5 Å². The van der Waals surface area contributed by atoms with Crippen LogP contribution in [0.15, 0.2) is 58.5 Å². The van der Waals surface area contributed by atoms with Gasteiger partial charge in [0.05, 0.1) is 42.3 Å². The summed E-state index contributed by atoms with van der Waals surface area (Å²) in [6.45, 7) is 6.77. The summed E-state index contributed by atoms with van der Waals surface area (Å²) in [4.78, 5) is 33.5. The molecular weight excluding hydrogens is 506 g/mol. The van der Waals surface area contributed by atoms with Crippen LogP contribution < -0.4 is 15.6 Å². The molecular formula is C28H29N3O4S2. The number of nitrogens with one attached hydrogen (secondary N) is 1. The van der Waals surface area contributed by atoms with Crippen molar-refractivity contribution in [1.29, 1.82) is 0 Å². The third kappa shape index (κ3) is 5.16. The van der Waals surface area contributed by atoms with Gasteiger partial charge in [0.2, 0.25) is 5.91 Å². The van der Waals surface area contributed by atoms with Crippen molar-refractivity contribution in [2.45, 2.75) is 45.1 Å². The molecule has 0 unspecified atom stereocenters. The number of thioether (sulfide) groups is 1. The number of hydrogen-bond donors (Lipinski definition) is 1. The number of benzene rings is 2. The molecule has 2 aromatic carbocycles. The van der Waals surface area contributed by atoms with E-state index in [1.165, 1.54) is 23.1 Å². The fourth-order valence-electron chi connectivity index (χ4n) is 4.42. The summed E-state index contributed by atoms with van der Waals surface area (Å²) in [5, 5.41) is 4.04. The van der Waals surface area contributed by atoms with E-state index < -0.39 is 0 Å². The highest BCUT2D eigenvalue weighted by Crippen LogP contribution is 2.36. The number of amides is 1. The molecule has 37 heavy (non-hydrogen) atoms. The van der Waals surface area contributed by atoms with Crippen LogP contribution in [0.25, 0.3) is 15.9 Å². The molecule has 1 atom stereocenters. The number of hydrogen-bond acceptors (Lipinski definition) is 7. The molecule has 0 radical (unpaired) electrons. The van der Waals surface area contributed by atoms with Gasteiger partial charge < -0.3 is 14.8 Å². The van der Waals surface area contributed by atoms with Gasteiger partial charge in [-0.1, -0.05) is 55.4 Å². The van der Waals surface area contributed by atoms with E-state index in [-0.39, 0.29) is 23.3 Å². The van der Waals surface area contributed by atoms with Crippen LogP contribution in [0.5, 0.6) is 5.75 Å². The second-order valence-corrected chi connectivity index (χ2v) is 11.4. The molecule has 0 spiro atoms. The predicted molar refractivity (Wildman–Crippen MR) is 149 cm³/mol. The minimum atomic E-state index is -0.210. The van der Waals surface area contributed by atoms with Gasteiger partial charge in [-0.05, 0) is 42.7 Å². The molecule has 1 aliphatic rings. The molecule has 1 aliphatic heterocycles. The van der Waals surface area contributed by atoms with Gasteiger partial charge in [0.1, 0.15) is 10.6 Å². The van der Waals surface area contributed by atoms with Gasteiger partial charge in [0.15, 0.2) is 5.16 Å². The lowest BCUT2D eigenvalue weighted by Crippen LogP contribution is -2.28. The topological polar surface area (TPSA) is 82.5 Å². The number of anilines is 1. The number of carbonyl (C=O) groups excluding carboxylic acids is 1. The van der Waals surface area contributed by atoms with E-state index in [0.717, 1.165) is 21.7 Å². The third-order valence-electron chi connectivity index (χ3n) is 6.46. The number of aromatic nitrogens is 2. The quantitative estimate of drug-likeness (QED) is 0.245. The van der Waals surface area contributed by atoms with Crippen LogP contribution in [0, 0.1) is 12.8 Å². The fourth-order valence-corrected chi connectivity index (χ4v) is 6.40. The highest BCUT2D eigenvalue weighted by molar-refractivity contribution is 7.99. The molecule has 0 saturated carbocycles. The summed E-state index contributed by atoms with van der Waals surface area (Å²) in [7, 11) is 1.56. The van der Waals surface area contributed by atoms with Crippen LogP contribution in [-0.2, 0) is 22.6 Å². The molecule has 4 aromatic rings. The maximum Gasteiger partial charge on any atom is 0.267 e. The van der Waals surface area contributed by atoms with Crippen LogP contribution >= 0.6 is 23.1 Å². The Bertz CT molecular complexity index is 1510. The Morgan fingerprint density at radius 2 is 2.00 bits per heavy atom. The van der Waals surface area contributed by atoms with E-state index >= 15 is 0 Å². The van der Waals surface area contributed by atoms with Crippen molar-refractivity contribution in [3.05, 3.63) is 74.9 Å². The van der Waals surface area contributed by atoms with Gasteiger partial charge in [0, 0.05) is 11.3 Å². The van der Waals surface area contributed by atoms with Crippen molar-refractivity contribution < 1.29 is 14.3 Å². The maximum atomic E-state index is 14.0. The van der Waals surface area contributed by atoms with Gasteiger partial charge in [-0.15, -0.1) is 11.3 Å².